The summed E-state index contributed by atoms with van der Waals surface area (Å²) in [7, 11) is -3.80. The summed E-state index contributed by atoms with van der Waals surface area (Å²) in [5.41, 5.74) is -0.428. The summed E-state index contributed by atoms with van der Waals surface area (Å²) >= 11 is 1.15. The maximum Gasteiger partial charge on any atom is 0.417 e. The molecule has 3 N–H and O–H groups in total. The van der Waals surface area contributed by atoms with Crippen molar-refractivity contribution in [2.75, 3.05) is 11.1 Å². The first-order valence-corrected chi connectivity index (χ1v) is 9.68. The Morgan fingerprint density at radius 1 is 1.15 bits per heavy atom. The molecule has 0 atom stereocenters. The number of hydrogen-bond donors (Lipinski definition) is 2. The number of pyridine rings is 1. The number of amides is 1. The molecule has 0 fully saturated rings. The molecular formula is C15H14F3N3O3S2. The van der Waals surface area contributed by atoms with E-state index in [9.17, 15) is 26.4 Å². The molecule has 1 heterocycles. The number of primary sulfonamides is 1. The Hall–Kier alpha value is -2.11. The van der Waals surface area contributed by atoms with Crippen molar-refractivity contribution in [2.24, 2.45) is 5.14 Å². The van der Waals surface area contributed by atoms with Crippen LogP contribution in [0.25, 0.3) is 0 Å². The standard InChI is InChI=1S/C15H14F3N3O3S2/c16-15(17,18)10-1-6-14(20-9-10)25-8-7-13(22)21-11-2-4-12(5-3-11)26(19,23)24/h1-6,9H,7-8H2,(H,21,22)(H2,19,23,24). The van der Waals surface area contributed by atoms with E-state index in [0.717, 1.165) is 24.0 Å². The highest BCUT2D eigenvalue weighted by atomic mass is 32.2. The van der Waals surface area contributed by atoms with E-state index >= 15 is 0 Å². The van der Waals surface area contributed by atoms with Gasteiger partial charge < -0.3 is 5.32 Å². The van der Waals surface area contributed by atoms with Crippen LogP contribution >= 0.6 is 11.8 Å². The minimum Gasteiger partial charge on any atom is -0.326 e. The summed E-state index contributed by atoms with van der Waals surface area (Å²) in [6, 6.07) is 7.53. The van der Waals surface area contributed by atoms with Crippen LogP contribution < -0.4 is 10.5 Å². The fourth-order valence-corrected chi connectivity index (χ4v) is 3.14. The van der Waals surface area contributed by atoms with Crippen LogP contribution in [0, 0.1) is 0 Å². The van der Waals surface area contributed by atoms with E-state index in [1.54, 1.807) is 0 Å². The maximum atomic E-state index is 12.4. The number of sulfonamides is 1. The van der Waals surface area contributed by atoms with Gasteiger partial charge in [0.2, 0.25) is 15.9 Å². The summed E-state index contributed by atoms with van der Waals surface area (Å²) in [6.45, 7) is 0. The highest BCUT2D eigenvalue weighted by Crippen LogP contribution is 2.29. The first-order valence-electron chi connectivity index (χ1n) is 7.14. The first-order chi connectivity index (χ1) is 12.1. The molecule has 6 nitrogen and oxygen atoms in total. The summed E-state index contributed by atoms with van der Waals surface area (Å²) < 4.78 is 59.6. The SMILES string of the molecule is NS(=O)(=O)c1ccc(NC(=O)CCSc2ccc(C(F)(F)F)cn2)cc1. The molecule has 0 radical (unpaired) electrons. The molecule has 0 unspecified atom stereocenters. The normalized spacial score (nSPS) is 12.0. The van der Waals surface area contributed by atoms with E-state index in [1.165, 1.54) is 30.3 Å². The predicted octanol–water partition coefficient (Wildman–Crippen LogP) is 2.87. The van der Waals surface area contributed by atoms with Crippen LogP contribution in [0.4, 0.5) is 18.9 Å². The summed E-state index contributed by atoms with van der Waals surface area (Å²) in [6.07, 6.45) is -3.59. The van der Waals surface area contributed by atoms with Crippen molar-refractivity contribution in [3.05, 3.63) is 48.2 Å². The highest BCUT2D eigenvalue weighted by Gasteiger charge is 2.30. The van der Waals surface area contributed by atoms with Crippen LogP contribution in [0.3, 0.4) is 0 Å². The molecule has 0 spiro atoms. The van der Waals surface area contributed by atoms with Gasteiger partial charge in [0.15, 0.2) is 0 Å². The van der Waals surface area contributed by atoms with E-state index in [0.29, 0.717) is 16.5 Å². The number of alkyl halides is 3. The number of rotatable bonds is 6. The number of hydrogen-bond acceptors (Lipinski definition) is 5. The Morgan fingerprint density at radius 3 is 2.31 bits per heavy atom. The molecular weight excluding hydrogens is 391 g/mol. The maximum absolute atomic E-state index is 12.4. The molecule has 2 rings (SSSR count). The monoisotopic (exact) mass is 405 g/mol. The Balaban J connectivity index is 1.82. The van der Waals surface area contributed by atoms with Crippen molar-refractivity contribution in [1.29, 1.82) is 0 Å². The van der Waals surface area contributed by atoms with Crippen molar-refractivity contribution in [3.63, 3.8) is 0 Å². The average molecular weight is 405 g/mol. The Labute approximate surface area is 152 Å². The molecule has 0 bridgehead atoms. The number of anilines is 1. The minimum atomic E-state index is -4.44. The van der Waals surface area contributed by atoms with E-state index in [1.807, 2.05) is 0 Å². The third kappa shape index (κ3) is 6.00. The molecule has 0 saturated heterocycles. The zero-order chi connectivity index (χ0) is 19.4. The number of benzene rings is 1. The largest absolute Gasteiger partial charge is 0.417 e. The second-order valence-electron chi connectivity index (χ2n) is 5.10. The number of nitrogens with one attached hydrogen (secondary N) is 1. The van der Waals surface area contributed by atoms with Crippen LogP contribution in [0.15, 0.2) is 52.5 Å². The summed E-state index contributed by atoms with van der Waals surface area (Å²) in [5, 5.41) is 7.93. The Morgan fingerprint density at radius 2 is 1.81 bits per heavy atom. The van der Waals surface area contributed by atoms with Gasteiger partial charge in [0.25, 0.3) is 0 Å². The van der Waals surface area contributed by atoms with Gasteiger partial charge in [-0.3, -0.25) is 4.79 Å². The average Bonchev–Trinajstić information content (AvgIpc) is 2.54. The number of aromatic nitrogens is 1. The van der Waals surface area contributed by atoms with Crippen LogP contribution in [-0.4, -0.2) is 25.1 Å². The van der Waals surface area contributed by atoms with Gasteiger partial charge in [-0.05, 0) is 36.4 Å². The van der Waals surface area contributed by atoms with Gasteiger partial charge in [-0.15, -0.1) is 11.8 Å². The molecule has 1 aromatic heterocycles. The molecule has 0 aliphatic rings. The van der Waals surface area contributed by atoms with Crippen molar-refractivity contribution < 1.29 is 26.4 Å². The molecule has 1 amide bonds. The highest BCUT2D eigenvalue weighted by molar-refractivity contribution is 7.99. The molecule has 11 heteroatoms. The van der Waals surface area contributed by atoms with Crippen molar-refractivity contribution in [2.45, 2.75) is 22.5 Å². The topological polar surface area (TPSA) is 102 Å². The molecule has 26 heavy (non-hydrogen) atoms. The minimum absolute atomic E-state index is 0.0700. The van der Waals surface area contributed by atoms with Gasteiger partial charge in [-0.2, -0.15) is 13.2 Å². The van der Waals surface area contributed by atoms with Crippen LogP contribution in [-0.2, 0) is 21.0 Å². The van der Waals surface area contributed by atoms with E-state index in [-0.39, 0.29) is 17.2 Å². The fraction of sp³-hybridized carbons (Fsp3) is 0.200. The van der Waals surface area contributed by atoms with Crippen LogP contribution in [0.2, 0.25) is 0 Å². The second kappa shape index (κ2) is 8.06. The lowest BCUT2D eigenvalue weighted by atomic mass is 10.3. The van der Waals surface area contributed by atoms with Gasteiger partial charge in [0.05, 0.1) is 15.5 Å². The van der Waals surface area contributed by atoms with Gasteiger partial charge in [0.1, 0.15) is 0 Å². The van der Waals surface area contributed by atoms with Gasteiger partial charge in [0, 0.05) is 24.1 Å². The van der Waals surface area contributed by atoms with Crippen molar-refractivity contribution >= 4 is 33.4 Å². The molecule has 2 aromatic rings. The Bertz CT molecular complexity index is 868. The van der Waals surface area contributed by atoms with Gasteiger partial charge in [-0.1, -0.05) is 0 Å². The molecule has 140 valence electrons. The summed E-state index contributed by atoms with van der Waals surface area (Å²) in [4.78, 5) is 15.5. The van der Waals surface area contributed by atoms with Gasteiger partial charge >= 0.3 is 6.18 Å². The van der Waals surface area contributed by atoms with E-state index in [4.69, 9.17) is 5.14 Å². The van der Waals surface area contributed by atoms with Gasteiger partial charge in [-0.25, -0.2) is 18.5 Å². The number of nitrogens with zero attached hydrogens (tertiary/aromatic N) is 1. The van der Waals surface area contributed by atoms with Crippen molar-refractivity contribution in [3.8, 4) is 0 Å². The lowest BCUT2D eigenvalue weighted by Gasteiger charge is -2.07. The molecule has 0 aliphatic carbocycles. The number of thioether (sulfide) groups is 1. The zero-order valence-corrected chi connectivity index (χ0v) is 14.8. The smallest absolute Gasteiger partial charge is 0.326 e. The fourth-order valence-electron chi connectivity index (χ4n) is 1.83. The quantitative estimate of drug-likeness (QED) is 0.720. The Kier molecular flexibility index (Phi) is 6.26. The van der Waals surface area contributed by atoms with Crippen molar-refractivity contribution in [1.82, 2.24) is 4.98 Å². The third-order valence-electron chi connectivity index (χ3n) is 3.11. The van der Waals surface area contributed by atoms with Crippen LogP contribution in [0.5, 0.6) is 0 Å². The first kappa shape index (κ1) is 20.2. The summed E-state index contributed by atoms with van der Waals surface area (Å²) in [5.74, 6) is -0.00723. The predicted molar refractivity (Wildman–Crippen MR) is 91.0 cm³/mol. The van der Waals surface area contributed by atoms with Crippen LogP contribution in [0.1, 0.15) is 12.0 Å². The lowest BCUT2D eigenvalue weighted by molar-refractivity contribution is -0.137. The number of nitrogens with two attached hydrogens (primary N) is 1. The molecule has 1 aromatic carbocycles. The van der Waals surface area contributed by atoms with E-state index < -0.39 is 21.8 Å². The van der Waals surface area contributed by atoms with E-state index in [2.05, 4.69) is 10.3 Å². The second-order valence-corrected chi connectivity index (χ2v) is 7.78. The zero-order valence-electron chi connectivity index (χ0n) is 13.2. The lowest BCUT2D eigenvalue weighted by Crippen LogP contribution is -2.14. The number of carbonyl (C=O) groups excluding carboxylic acids is 1. The molecule has 0 saturated carbocycles. The number of halogens is 3. The third-order valence-corrected chi connectivity index (χ3v) is 4.98. The molecule has 0 aliphatic heterocycles. The number of carbonyl (C=O) groups is 1.